The molecule has 0 heterocycles. The first-order valence-electron chi connectivity index (χ1n) is 9.00. The Kier molecular flexibility index (Phi) is 7.95. The van der Waals surface area contributed by atoms with Crippen LogP contribution in [0.15, 0.2) is 42.5 Å². The molecule has 0 aliphatic rings. The highest BCUT2D eigenvalue weighted by Gasteiger charge is 2.06. The van der Waals surface area contributed by atoms with Gasteiger partial charge in [0.05, 0.1) is 26.9 Å². The average molecular weight is 372 g/mol. The van der Waals surface area contributed by atoms with Crippen molar-refractivity contribution in [1.82, 2.24) is 5.32 Å². The number of carbonyl (C=O) groups excluding carboxylic acids is 1. The first-order valence-corrected chi connectivity index (χ1v) is 9.00. The van der Waals surface area contributed by atoms with Gasteiger partial charge in [0.2, 0.25) is 5.91 Å². The minimum atomic E-state index is -0.0835. The van der Waals surface area contributed by atoms with Crippen LogP contribution < -0.4 is 24.8 Å². The summed E-state index contributed by atoms with van der Waals surface area (Å²) in [6.45, 7) is 4.88. The molecule has 0 saturated heterocycles. The maximum absolute atomic E-state index is 12.0. The van der Waals surface area contributed by atoms with Crippen LogP contribution >= 0.6 is 0 Å². The van der Waals surface area contributed by atoms with Crippen LogP contribution in [0, 0.1) is 0 Å². The third-order valence-electron chi connectivity index (χ3n) is 3.83. The second-order valence-electron chi connectivity index (χ2n) is 6.36. The lowest BCUT2D eigenvalue weighted by atomic mass is 10.1. The smallest absolute Gasteiger partial charge is 0.238 e. The number of carbonyl (C=O) groups is 1. The molecule has 0 unspecified atom stereocenters. The van der Waals surface area contributed by atoms with E-state index in [2.05, 4.69) is 10.6 Å². The van der Waals surface area contributed by atoms with Crippen LogP contribution in [0.3, 0.4) is 0 Å². The summed E-state index contributed by atoms with van der Waals surface area (Å²) < 4.78 is 16.1. The van der Waals surface area contributed by atoms with Gasteiger partial charge in [-0.2, -0.15) is 0 Å². The number of hydrogen-bond donors (Lipinski definition) is 2. The summed E-state index contributed by atoms with van der Waals surface area (Å²) in [7, 11) is 3.23. The van der Waals surface area contributed by atoms with E-state index in [1.165, 1.54) is 0 Å². The summed E-state index contributed by atoms with van der Waals surface area (Å²) in [6.07, 6.45) is 0.912. The van der Waals surface area contributed by atoms with Gasteiger partial charge in [0, 0.05) is 5.69 Å². The van der Waals surface area contributed by atoms with Gasteiger partial charge in [0.15, 0.2) is 11.5 Å². The van der Waals surface area contributed by atoms with E-state index in [-0.39, 0.29) is 18.6 Å². The topological polar surface area (TPSA) is 68.8 Å². The minimum Gasteiger partial charge on any atom is -0.493 e. The van der Waals surface area contributed by atoms with Crippen LogP contribution in [0.2, 0.25) is 0 Å². The fourth-order valence-electron chi connectivity index (χ4n) is 2.56. The Morgan fingerprint density at radius 2 is 1.70 bits per heavy atom. The Labute approximate surface area is 160 Å². The van der Waals surface area contributed by atoms with Crippen LogP contribution in [0.4, 0.5) is 5.69 Å². The van der Waals surface area contributed by atoms with Gasteiger partial charge in [-0.3, -0.25) is 4.79 Å². The van der Waals surface area contributed by atoms with E-state index in [0.717, 1.165) is 23.4 Å². The molecule has 0 bridgehead atoms. The zero-order valence-electron chi connectivity index (χ0n) is 16.4. The highest BCUT2D eigenvalue weighted by atomic mass is 16.5. The molecule has 2 aromatic rings. The molecular weight excluding hydrogens is 344 g/mol. The van der Waals surface area contributed by atoms with Crippen molar-refractivity contribution < 1.29 is 19.0 Å². The number of nitrogens with one attached hydrogen (secondary N) is 2. The van der Waals surface area contributed by atoms with E-state index in [4.69, 9.17) is 14.2 Å². The summed E-state index contributed by atoms with van der Waals surface area (Å²) in [5.74, 6) is 2.12. The third kappa shape index (κ3) is 6.83. The zero-order chi connectivity index (χ0) is 19.6. The van der Waals surface area contributed by atoms with Gasteiger partial charge in [-0.1, -0.05) is 6.07 Å². The van der Waals surface area contributed by atoms with Crippen molar-refractivity contribution in [1.29, 1.82) is 0 Å². The molecule has 6 nitrogen and oxygen atoms in total. The van der Waals surface area contributed by atoms with Crippen molar-refractivity contribution in [3.05, 3.63) is 48.0 Å². The van der Waals surface area contributed by atoms with Gasteiger partial charge in [-0.05, 0) is 68.8 Å². The highest BCUT2D eigenvalue weighted by Crippen LogP contribution is 2.27. The third-order valence-corrected chi connectivity index (χ3v) is 3.83. The lowest BCUT2D eigenvalue weighted by Gasteiger charge is -2.11. The van der Waals surface area contributed by atoms with Crippen molar-refractivity contribution in [3.8, 4) is 17.2 Å². The van der Waals surface area contributed by atoms with E-state index < -0.39 is 0 Å². The summed E-state index contributed by atoms with van der Waals surface area (Å²) in [5, 5.41) is 6.01. The molecule has 2 aromatic carbocycles. The molecule has 2 N–H and O–H groups in total. The van der Waals surface area contributed by atoms with Crippen LogP contribution in [-0.4, -0.2) is 39.3 Å². The molecule has 2 rings (SSSR count). The summed E-state index contributed by atoms with van der Waals surface area (Å²) in [4.78, 5) is 12.0. The van der Waals surface area contributed by atoms with E-state index in [1.807, 2.05) is 56.3 Å². The number of rotatable bonds is 10. The van der Waals surface area contributed by atoms with Crippen LogP contribution in [0.5, 0.6) is 17.2 Å². The molecule has 0 aliphatic carbocycles. The van der Waals surface area contributed by atoms with Crippen molar-refractivity contribution in [2.75, 3.05) is 32.6 Å². The largest absolute Gasteiger partial charge is 0.493 e. The van der Waals surface area contributed by atoms with Gasteiger partial charge in [0.25, 0.3) is 0 Å². The Morgan fingerprint density at radius 3 is 2.33 bits per heavy atom. The number of amides is 1. The van der Waals surface area contributed by atoms with Crippen LogP contribution in [0.25, 0.3) is 0 Å². The second kappa shape index (κ2) is 10.4. The average Bonchev–Trinajstić information content (AvgIpc) is 2.66. The maximum atomic E-state index is 12.0. The summed E-state index contributed by atoms with van der Waals surface area (Å²) in [6, 6.07) is 13.2. The summed E-state index contributed by atoms with van der Waals surface area (Å²) in [5.41, 5.74) is 1.86. The molecule has 0 radical (unpaired) electrons. The highest BCUT2D eigenvalue weighted by molar-refractivity contribution is 5.92. The maximum Gasteiger partial charge on any atom is 0.238 e. The van der Waals surface area contributed by atoms with Gasteiger partial charge in [0.1, 0.15) is 5.75 Å². The molecular formula is C21H28N2O4. The van der Waals surface area contributed by atoms with Crippen molar-refractivity contribution in [2.24, 2.45) is 0 Å². The number of benzene rings is 2. The SMILES string of the molecule is COc1ccc(CCNCC(=O)Nc2ccc(OC(C)C)cc2)cc1OC. The quantitative estimate of drug-likeness (QED) is 0.627. The van der Waals surface area contributed by atoms with Gasteiger partial charge >= 0.3 is 0 Å². The van der Waals surface area contributed by atoms with Crippen molar-refractivity contribution >= 4 is 11.6 Å². The molecule has 6 heteroatoms. The fraction of sp³-hybridized carbons (Fsp3) is 0.381. The van der Waals surface area contributed by atoms with Gasteiger partial charge < -0.3 is 24.8 Å². The Bertz CT molecular complexity index is 729. The van der Waals surface area contributed by atoms with E-state index >= 15 is 0 Å². The van der Waals surface area contributed by atoms with Gasteiger partial charge in [-0.15, -0.1) is 0 Å². The van der Waals surface area contributed by atoms with Crippen LogP contribution in [-0.2, 0) is 11.2 Å². The molecule has 1 amide bonds. The number of hydrogen-bond acceptors (Lipinski definition) is 5. The molecule has 27 heavy (non-hydrogen) atoms. The first kappa shape index (κ1) is 20.6. The molecule has 0 spiro atoms. The first-order chi connectivity index (χ1) is 13.0. The lowest BCUT2D eigenvalue weighted by molar-refractivity contribution is -0.115. The van der Waals surface area contributed by atoms with E-state index in [9.17, 15) is 4.79 Å². The minimum absolute atomic E-state index is 0.0835. The van der Waals surface area contributed by atoms with E-state index in [0.29, 0.717) is 18.0 Å². The fourth-order valence-corrected chi connectivity index (χ4v) is 2.56. The summed E-state index contributed by atoms with van der Waals surface area (Å²) >= 11 is 0. The molecule has 0 atom stereocenters. The Morgan fingerprint density at radius 1 is 1.00 bits per heavy atom. The molecule has 0 fully saturated rings. The number of methoxy groups -OCH3 is 2. The Balaban J connectivity index is 1.73. The molecule has 0 aromatic heterocycles. The monoisotopic (exact) mass is 372 g/mol. The van der Waals surface area contributed by atoms with Crippen LogP contribution in [0.1, 0.15) is 19.4 Å². The molecule has 0 saturated carbocycles. The lowest BCUT2D eigenvalue weighted by Crippen LogP contribution is -2.29. The predicted octanol–water partition coefficient (Wildman–Crippen LogP) is 3.26. The Hall–Kier alpha value is -2.73. The standard InChI is InChI=1S/C21H28N2O4/c1-15(2)27-18-8-6-17(7-9-18)23-21(24)14-22-12-11-16-5-10-19(25-3)20(13-16)26-4/h5-10,13,15,22H,11-12,14H2,1-4H3,(H,23,24). The van der Waals surface area contributed by atoms with E-state index in [1.54, 1.807) is 14.2 Å². The second-order valence-corrected chi connectivity index (χ2v) is 6.36. The van der Waals surface area contributed by atoms with Crippen molar-refractivity contribution in [3.63, 3.8) is 0 Å². The van der Waals surface area contributed by atoms with Crippen molar-refractivity contribution in [2.45, 2.75) is 26.4 Å². The normalized spacial score (nSPS) is 10.6. The number of anilines is 1. The predicted molar refractivity (Wildman–Crippen MR) is 107 cm³/mol. The van der Waals surface area contributed by atoms with Gasteiger partial charge in [-0.25, -0.2) is 0 Å². The molecule has 146 valence electrons. The molecule has 0 aliphatic heterocycles. The number of ether oxygens (including phenoxy) is 3. The zero-order valence-corrected chi connectivity index (χ0v) is 16.4.